The van der Waals surface area contributed by atoms with Crippen molar-refractivity contribution >= 4 is 39.4 Å². The molecule has 0 aliphatic carbocycles. The minimum absolute atomic E-state index is 0.0933. The summed E-state index contributed by atoms with van der Waals surface area (Å²) in [5.74, 6) is 0.543. The molecule has 42 heavy (non-hydrogen) atoms. The van der Waals surface area contributed by atoms with Gasteiger partial charge in [0.25, 0.3) is 15.9 Å². The molecule has 0 radical (unpaired) electrons. The van der Waals surface area contributed by atoms with Crippen LogP contribution in [0, 0.1) is 5.82 Å². The van der Waals surface area contributed by atoms with E-state index in [0.717, 1.165) is 0 Å². The Balaban J connectivity index is 1.35. The first-order valence-electron chi connectivity index (χ1n) is 12.7. The zero-order chi connectivity index (χ0) is 30.0. The van der Waals surface area contributed by atoms with Crippen molar-refractivity contribution in [2.24, 2.45) is 5.10 Å². The van der Waals surface area contributed by atoms with Gasteiger partial charge in [-0.25, -0.2) is 18.2 Å². The van der Waals surface area contributed by atoms with Crippen LogP contribution in [-0.4, -0.2) is 40.4 Å². The van der Waals surface area contributed by atoms with Gasteiger partial charge < -0.3 is 14.2 Å². The number of halogens is 2. The van der Waals surface area contributed by atoms with Crippen molar-refractivity contribution in [1.82, 2.24) is 5.43 Å². The van der Waals surface area contributed by atoms with Gasteiger partial charge in [-0.05, 0) is 85.3 Å². The highest BCUT2D eigenvalue weighted by Gasteiger charge is 2.17. The number of carbonyl (C=O) groups excluding carboxylic acids is 1. The van der Waals surface area contributed by atoms with Gasteiger partial charge in [0.1, 0.15) is 24.8 Å². The number of hydrogen-bond donors (Lipinski definition) is 2. The molecular weight excluding hydrogens is 585 g/mol. The third-order valence-electron chi connectivity index (χ3n) is 5.60. The van der Waals surface area contributed by atoms with E-state index in [1.165, 1.54) is 60.8 Å². The lowest BCUT2D eigenvalue weighted by molar-refractivity contribution is 0.0955. The highest BCUT2D eigenvalue weighted by atomic mass is 35.5. The van der Waals surface area contributed by atoms with Crippen molar-refractivity contribution in [3.63, 3.8) is 0 Å². The molecule has 218 valence electrons. The Morgan fingerprint density at radius 3 is 2.43 bits per heavy atom. The first-order valence-corrected chi connectivity index (χ1v) is 14.6. The van der Waals surface area contributed by atoms with Crippen molar-refractivity contribution in [3.05, 3.63) is 113 Å². The van der Waals surface area contributed by atoms with Crippen molar-refractivity contribution in [2.75, 3.05) is 24.5 Å². The zero-order valence-corrected chi connectivity index (χ0v) is 24.0. The number of hydrogen-bond acceptors (Lipinski definition) is 7. The number of nitrogens with zero attached hydrogens (tertiary/aromatic N) is 1. The van der Waals surface area contributed by atoms with Crippen LogP contribution < -0.4 is 24.4 Å². The minimum atomic E-state index is -3.99. The van der Waals surface area contributed by atoms with Gasteiger partial charge in [-0.3, -0.25) is 9.52 Å². The van der Waals surface area contributed by atoms with Crippen LogP contribution >= 0.6 is 11.6 Å². The second kappa shape index (κ2) is 14.3. The SMILES string of the molecule is CCOc1cc(/C=N\NC(=O)c2cccc(S(=O)(=O)Nc3ccccc3Cl)c2)ccc1OCCOc1ccc(F)cc1. The lowest BCUT2D eigenvalue weighted by Gasteiger charge is -2.13. The maximum atomic E-state index is 13.0. The molecule has 0 aromatic heterocycles. The van der Waals surface area contributed by atoms with Crippen molar-refractivity contribution in [1.29, 1.82) is 0 Å². The topological polar surface area (TPSA) is 115 Å². The summed E-state index contributed by atoms with van der Waals surface area (Å²) in [5, 5.41) is 4.23. The van der Waals surface area contributed by atoms with Crippen molar-refractivity contribution < 1.29 is 31.8 Å². The molecule has 4 rings (SSSR count). The number of nitrogens with one attached hydrogen (secondary N) is 2. The van der Waals surface area contributed by atoms with Gasteiger partial charge in [-0.2, -0.15) is 5.10 Å². The number of hydrazone groups is 1. The minimum Gasteiger partial charge on any atom is -0.490 e. The molecule has 0 atom stereocenters. The van der Waals surface area contributed by atoms with Gasteiger partial charge in [0, 0.05) is 5.56 Å². The molecule has 4 aromatic rings. The Hall–Kier alpha value is -4.61. The summed E-state index contributed by atoms with van der Waals surface area (Å²) in [6, 6.07) is 22.8. The van der Waals surface area contributed by atoms with Gasteiger partial charge in [0.05, 0.1) is 28.4 Å². The Kier molecular flexibility index (Phi) is 10.4. The molecule has 1 amide bonds. The predicted octanol–water partition coefficient (Wildman–Crippen LogP) is 5.90. The summed E-state index contributed by atoms with van der Waals surface area (Å²) in [7, 11) is -3.99. The van der Waals surface area contributed by atoms with Gasteiger partial charge in [-0.1, -0.05) is 29.8 Å². The fourth-order valence-corrected chi connectivity index (χ4v) is 4.98. The Bertz CT molecular complexity index is 1670. The van der Waals surface area contributed by atoms with E-state index in [4.69, 9.17) is 25.8 Å². The zero-order valence-electron chi connectivity index (χ0n) is 22.4. The van der Waals surface area contributed by atoms with E-state index < -0.39 is 15.9 Å². The molecule has 0 spiro atoms. The molecule has 12 heteroatoms. The molecule has 0 saturated carbocycles. The van der Waals surface area contributed by atoms with Crippen LogP contribution in [0.4, 0.5) is 10.1 Å². The summed E-state index contributed by atoms with van der Waals surface area (Å²) >= 11 is 6.06. The molecule has 0 saturated heterocycles. The Labute approximate surface area is 247 Å². The van der Waals surface area contributed by atoms with E-state index in [2.05, 4.69) is 15.2 Å². The Morgan fingerprint density at radius 1 is 0.905 bits per heavy atom. The first-order chi connectivity index (χ1) is 20.2. The molecule has 4 aromatic carbocycles. The molecule has 2 N–H and O–H groups in total. The van der Waals surface area contributed by atoms with Crippen LogP contribution in [0.1, 0.15) is 22.8 Å². The van der Waals surface area contributed by atoms with E-state index in [0.29, 0.717) is 29.4 Å². The van der Waals surface area contributed by atoms with Crippen LogP contribution in [0.15, 0.2) is 101 Å². The third-order valence-corrected chi connectivity index (χ3v) is 7.29. The largest absolute Gasteiger partial charge is 0.490 e. The lowest BCUT2D eigenvalue weighted by atomic mass is 10.2. The van der Waals surface area contributed by atoms with E-state index in [1.807, 2.05) is 6.92 Å². The summed E-state index contributed by atoms with van der Waals surface area (Å²) in [4.78, 5) is 12.6. The molecule has 0 heterocycles. The number of ether oxygens (including phenoxy) is 3. The fraction of sp³-hybridized carbons (Fsp3) is 0.133. The van der Waals surface area contributed by atoms with E-state index in [-0.39, 0.29) is 40.2 Å². The third kappa shape index (κ3) is 8.45. The average molecular weight is 612 g/mol. The number of carbonyl (C=O) groups is 1. The highest BCUT2D eigenvalue weighted by Crippen LogP contribution is 2.28. The molecule has 0 aliphatic rings. The molecule has 9 nitrogen and oxygen atoms in total. The second-order valence-corrected chi connectivity index (χ2v) is 10.7. The van der Waals surface area contributed by atoms with Crippen LogP contribution in [0.25, 0.3) is 0 Å². The quantitative estimate of drug-likeness (QED) is 0.110. The molecular formula is C30H27ClFN3O6S. The van der Waals surface area contributed by atoms with Gasteiger partial charge >= 0.3 is 0 Å². The first kappa shape index (κ1) is 30.4. The van der Waals surface area contributed by atoms with E-state index >= 15 is 0 Å². The number of rotatable bonds is 13. The van der Waals surface area contributed by atoms with Gasteiger partial charge in [0.15, 0.2) is 11.5 Å². The number of amides is 1. The summed E-state index contributed by atoms with van der Waals surface area (Å²) in [6.07, 6.45) is 1.42. The lowest BCUT2D eigenvalue weighted by Crippen LogP contribution is -2.19. The summed E-state index contributed by atoms with van der Waals surface area (Å²) in [6.45, 7) is 2.69. The fourth-order valence-electron chi connectivity index (χ4n) is 3.62. The standard InChI is InChI=1S/C30H27ClFN3O6S/c1-2-39-29-18-21(10-15-28(29)41-17-16-40-24-13-11-23(32)12-14-24)20-33-34-30(36)22-6-5-7-25(19-22)42(37,38)35-27-9-4-3-8-26(27)31/h3-15,18-20,35H,2,16-17H2,1H3,(H,34,36)/b33-20-. The smallest absolute Gasteiger partial charge is 0.271 e. The monoisotopic (exact) mass is 611 g/mol. The number of sulfonamides is 1. The van der Waals surface area contributed by atoms with Crippen LogP contribution in [0.3, 0.4) is 0 Å². The predicted molar refractivity (Wildman–Crippen MR) is 159 cm³/mol. The van der Waals surface area contributed by atoms with Crippen molar-refractivity contribution in [3.8, 4) is 17.2 Å². The van der Waals surface area contributed by atoms with Crippen LogP contribution in [-0.2, 0) is 10.0 Å². The molecule has 0 bridgehead atoms. The van der Waals surface area contributed by atoms with Gasteiger partial charge in [0.2, 0.25) is 0 Å². The maximum absolute atomic E-state index is 13.0. The highest BCUT2D eigenvalue weighted by molar-refractivity contribution is 7.92. The number of para-hydroxylation sites is 1. The van der Waals surface area contributed by atoms with Crippen LogP contribution in [0.5, 0.6) is 17.2 Å². The maximum Gasteiger partial charge on any atom is 0.271 e. The van der Waals surface area contributed by atoms with Crippen molar-refractivity contribution in [2.45, 2.75) is 11.8 Å². The molecule has 0 fully saturated rings. The summed E-state index contributed by atoms with van der Waals surface area (Å²) in [5.41, 5.74) is 3.33. The second-order valence-electron chi connectivity index (χ2n) is 8.60. The summed E-state index contributed by atoms with van der Waals surface area (Å²) < 4.78 is 58.1. The van der Waals surface area contributed by atoms with Crippen LogP contribution in [0.2, 0.25) is 5.02 Å². The number of anilines is 1. The average Bonchev–Trinajstić information content (AvgIpc) is 2.98. The van der Waals surface area contributed by atoms with E-state index in [1.54, 1.807) is 36.4 Å². The van der Waals surface area contributed by atoms with E-state index in [9.17, 15) is 17.6 Å². The Morgan fingerprint density at radius 2 is 1.67 bits per heavy atom. The normalized spacial score (nSPS) is 11.2. The number of benzene rings is 4. The van der Waals surface area contributed by atoms with Gasteiger partial charge in [-0.15, -0.1) is 0 Å². The molecule has 0 unspecified atom stereocenters. The molecule has 0 aliphatic heterocycles.